The fourth-order valence-corrected chi connectivity index (χ4v) is 1.25. The Kier molecular flexibility index (Phi) is 11.0. The van der Waals surface area contributed by atoms with Crippen molar-refractivity contribution >= 4 is 53.0 Å². The van der Waals surface area contributed by atoms with Gasteiger partial charge in [0.05, 0.1) is 0 Å². The predicted octanol–water partition coefficient (Wildman–Crippen LogP) is -2.39. The molecule has 0 aliphatic carbocycles. The molecule has 0 radical (unpaired) electrons. The summed E-state index contributed by atoms with van der Waals surface area (Å²) in [6.45, 7) is 0. The third kappa shape index (κ3) is 50.6. The molecular formula is H8NaO11P3. The summed E-state index contributed by atoms with van der Waals surface area (Å²) < 4.78 is 31.1. The minimum absolute atomic E-state index is 0. The van der Waals surface area contributed by atoms with Crippen LogP contribution in [-0.2, 0) is 18.0 Å². The summed E-state index contributed by atoms with van der Waals surface area (Å²) >= 11 is 0. The summed E-state index contributed by atoms with van der Waals surface area (Å²) in [7, 11) is -14.7. The minimum atomic E-state index is -5.05. The van der Waals surface area contributed by atoms with Gasteiger partial charge >= 0.3 is 53.0 Å². The summed E-state index contributed by atoms with van der Waals surface area (Å²) in [5, 5.41) is 0. The van der Waals surface area contributed by atoms with E-state index in [-0.39, 0.29) is 29.6 Å². The molecule has 90 valence electrons. The molecule has 0 rings (SSSR count). The molecule has 0 fully saturated rings. The molecule has 0 bridgehead atoms. The van der Waals surface area contributed by atoms with E-state index in [4.69, 9.17) is 38.8 Å². The van der Waals surface area contributed by atoms with Crippen molar-refractivity contribution in [3.05, 3.63) is 0 Å². The second-order valence-electron chi connectivity index (χ2n) is 1.58. The number of phosphoric acid groups is 3. The van der Waals surface area contributed by atoms with Gasteiger partial charge in [0.1, 0.15) is 0 Å². The van der Waals surface area contributed by atoms with Crippen LogP contribution in [0.25, 0.3) is 0 Å². The van der Waals surface area contributed by atoms with Gasteiger partial charge in [-0.1, -0.05) is 0 Å². The van der Waals surface area contributed by atoms with Gasteiger partial charge in [-0.3, -0.25) is 0 Å². The van der Waals surface area contributed by atoms with Crippen LogP contribution in [-0.4, -0.2) is 63.8 Å². The normalized spacial score (nSPS) is 12.2. The van der Waals surface area contributed by atoms with Crippen molar-refractivity contribution in [3.63, 3.8) is 0 Å². The van der Waals surface area contributed by atoms with Crippen molar-refractivity contribution in [1.29, 1.82) is 0 Å². The monoisotopic (exact) mass is 300 g/mol. The van der Waals surface area contributed by atoms with Gasteiger partial charge in [0.25, 0.3) is 0 Å². The third-order valence-corrected chi connectivity index (χ3v) is 1.91. The fourth-order valence-electron chi connectivity index (χ4n) is 0.139. The van der Waals surface area contributed by atoms with Crippen LogP contribution in [0.15, 0.2) is 0 Å². The number of hydrogen-bond acceptors (Lipinski definition) is 4. The van der Waals surface area contributed by atoms with Crippen LogP contribution >= 0.6 is 23.5 Å². The van der Waals surface area contributed by atoms with E-state index in [0.717, 1.165) is 0 Å². The van der Waals surface area contributed by atoms with E-state index in [1.165, 1.54) is 0 Å². The van der Waals surface area contributed by atoms with Crippen LogP contribution in [0.4, 0.5) is 0 Å². The molecule has 0 aliphatic heterocycles. The first-order valence-corrected chi connectivity index (χ1v) is 6.94. The molecule has 0 amide bonds. The molecule has 15 heavy (non-hydrogen) atoms. The molecule has 0 saturated heterocycles. The topological polar surface area (TPSA) is 202 Å². The van der Waals surface area contributed by atoms with Crippen LogP contribution < -0.4 is 0 Å². The Morgan fingerprint density at radius 2 is 0.800 bits per heavy atom. The predicted molar refractivity (Wildman–Crippen MR) is 46.6 cm³/mol. The Balaban J connectivity index is -0.000000208. The van der Waals surface area contributed by atoms with Gasteiger partial charge in [0.2, 0.25) is 0 Å². The quantitative estimate of drug-likeness (QED) is 0.212. The first kappa shape index (κ1) is 21.6. The van der Waals surface area contributed by atoms with E-state index in [1.807, 2.05) is 0 Å². The van der Waals surface area contributed by atoms with Crippen molar-refractivity contribution < 1.29 is 52.3 Å². The zero-order chi connectivity index (χ0) is 12.2. The molecular weight excluding hydrogens is 292 g/mol. The molecule has 7 N–H and O–H groups in total. The van der Waals surface area contributed by atoms with Crippen molar-refractivity contribution in [2.45, 2.75) is 0 Å². The molecule has 0 unspecified atom stereocenters. The SMILES string of the molecule is O=P(O)(O)O.O=P(O)(O)OP(=O)(O)O.[NaH]. The molecule has 0 heterocycles. The summed E-state index contributed by atoms with van der Waals surface area (Å²) in [6, 6.07) is 0. The number of rotatable bonds is 2. The van der Waals surface area contributed by atoms with Gasteiger partial charge in [-0.15, -0.1) is 0 Å². The van der Waals surface area contributed by atoms with Crippen LogP contribution in [0.3, 0.4) is 0 Å². The number of hydrogen-bond donors (Lipinski definition) is 7. The van der Waals surface area contributed by atoms with Crippen molar-refractivity contribution in [1.82, 2.24) is 0 Å². The van der Waals surface area contributed by atoms with E-state index >= 15 is 0 Å². The Morgan fingerprint density at radius 3 is 0.800 bits per heavy atom. The molecule has 0 saturated carbocycles. The van der Waals surface area contributed by atoms with Crippen LogP contribution in [0, 0.1) is 0 Å². The average molecular weight is 300 g/mol. The molecule has 0 spiro atoms. The second-order valence-corrected chi connectivity index (χ2v) is 5.22. The van der Waals surface area contributed by atoms with Crippen LogP contribution in [0.2, 0.25) is 0 Å². The van der Waals surface area contributed by atoms with E-state index in [2.05, 4.69) is 4.31 Å². The molecule has 11 nitrogen and oxygen atoms in total. The molecule has 0 aliphatic rings. The van der Waals surface area contributed by atoms with E-state index in [1.54, 1.807) is 0 Å². The average Bonchev–Trinajstić information content (AvgIpc) is 1.42. The first-order chi connectivity index (χ1) is 5.71. The molecule has 0 aromatic rings. The van der Waals surface area contributed by atoms with Crippen LogP contribution in [0.5, 0.6) is 0 Å². The Bertz CT molecular complexity index is 259. The molecule has 0 aromatic heterocycles. The van der Waals surface area contributed by atoms with Crippen molar-refractivity contribution in [3.8, 4) is 0 Å². The summed E-state index contributed by atoms with van der Waals surface area (Å²) in [6.07, 6.45) is 0. The van der Waals surface area contributed by atoms with Gasteiger partial charge in [0, 0.05) is 0 Å². The molecule has 15 heteroatoms. The second kappa shape index (κ2) is 7.65. The zero-order valence-electron chi connectivity index (χ0n) is 6.11. The van der Waals surface area contributed by atoms with Crippen molar-refractivity contribution in [2.24, 2.45) is 0 Å². The van der Waals surface area contributed by atoms with Gasteiger partial charge in [-0.2, -0.15) is 4.31 Å². The van der Waals surface area contributed by atoms with E-state index in [0.29, 0.717) is 0 Å². The van der Waals surface area contributed by atoms with Crippen LogP contribution in [0.1, 0.15) is 0 Å². The van der Waals surface area contributed by atoms with Crippen molar-refractivity contribution in [2.75, 3.05) is 0 Å². The summed E-state index contributed by atoms with van der Waals surface area (Å²) in [5.41, 5.74) is 0. The fraction of sp³-hybridized carbons (Fsp3) is 0. The standard InChI is InChI=1S/Na.H4O7P2.H3O4P.H/c;1-8(2,3)7-9(4,5)6;1-5(2,3)4;/h;(H2,1,2,3)(H2,4,5,6);(H3,1,2,3,4);. The molecule has 0 aromatic carbocycles. The van der Waals surface area contributed by atoms with E-state index < -0.39 is 23.5 Å². The Hall–Kier alpha value is 1.37. The summed E-state index contributed by atoms with van der Waals surface area (Å²) in [4.78, 5) is 52.6. The Labute approximate surface area is 105 Å². The maximum absolute atomic E-state index is 9.63. The zero-order valence-corrected chi connectivity index (χ0v) is 8.79. The van der Waals surface area contributed by atoms with Gasteiger partial charge in [-0.25, -0.2) is 13.7 Å². The molecule has 0 atom stereocenters. The van der Waals surface area contributed by atoms with Gasteiger partial charge in [0.15, 0.2) is 0 Å². The van der Waals surface area contributed by atoms with E-state index in [9.17, 15) is 9.13 Å². The third-order valence-electron chi connectivity index (χ3n) is 0.213. The maximum atomic E-state index is 9.63. The summed E-state index contributed by atoms with van der Waals surface area (Å²) in [5.74, 6) is 0. The first-order valence-electron chi connectivity index (χ1n) is 2.31. The van der Waals surface area contributed by atoms with Gasteiger partial charge in [-0.05, 0) is 0 Å². The Morgan fingerprint density at radius 1 is 0.667 bits per heavy atom. The van der Waals surface area contributed by atoms with Gasteiger partial charge < -0.3 is 34.3 Å².